The van der Waals surface area contributed by atoms with Crippen LogP contribution in [0.25, 0.3) is 46.4 Å². The minimum atomic E-state index is 0. The van der Waals surface area contributed by atoms with E-state index in [9.17, 15) is 0 Å². The van der Waals surface area contributed by atoms with E-state index in [-0.39, 0.29) is 23.9 Å². The molecular weight excluding hydrogens is 415 g/mol. The van der Waals surface area contributed by atoms with Gasteiger partial charge < -0.3 is 9.97 Å². The van der Waals surface area contributed by atoms with Gasteiger partial charge in [-0.2, -0.15) is 0 Å². The Morgan fingerprint density at radius 3 is 1.28 bits per heavy atom. The van der Waals surface area contributed by atoms with Gasteiger partial charge in [0.1, 0.15) is 0 Å². The predicted molar refractivity (Wildman–Crippen MR) is 105 cm³/mol. The molecule has 0 amide bonds. The topological polar surface area (TPSA) is 57.4 Å². The maximum atomic E-state index is 4.62. The quantitative estimate of drug-likeness (QED) is 0.362. The molecule has 5 heterocycles. The van der Waals surface area contributed by atoms with Crippen molar-refractivity contribution in [3.63, 3.8) is 0 Å². The summed E-state index contributed by atoms with van der Waals surface area (Å²) in [6.45, 7) is 0. The van der Waals surface area contributed by atoms with Crippen LogP contribution < -0.4 is 0 Å². The fourth-order valence-corrected chi connectivity index (χ4v) is 2.94. The second kappa shape index (κ2) is 6.37. The first-order valence-corrected chi connectivity index (χ1v) is 7.85. The zero-order valence-corrected chi connectivity index (χ0v) is 16.2. The van der Waals surface area contributed by atoms with Gasteiger partial charge in [-0.05, 0) is 72.8 Å². The number of aromatic amines is 2. The van der Waals surface area contributed by atoms with Gasteiger partial charge in [0, 0.05) is 22.1 Å². The first kappa shape index (κ1) is 15.9. The molecule has 0 saturated carbocycles. The fourth-order valence-electron chi connectivity index (χ4n) is 2.94. The zero-order valence-electron chi connectivity index (χ0n) is 13.3. The molecule has 0 saturated heterocycles. The summed E-state index contributed by atoms with van der Waals surface area (Å²) in [5.41, 5.74) is 7.86. The Balaban J connectivity index is 0.00000157. The summed E-state index contributed by atoms with van der Waals surface area (Å²) in [5, 5.41) is 0. The molecule has 4 nitrogen and oxygen atoms in total. The SMILES string of the molecule is C1=Cc2cc3ccc(cc4ccc(cc5nc(cc1n2)C=C5)[nH]4)[nH]3.[Sn+4]. The van der Waals surface area contributed by atoms with Gasteiger partial charge >= 0.3 is 23.9 Å². The van der Waals surface area contributed by atoms with Crippen molar-refractivity contribution in [2.75, 3.05) is 0 Å². The molecule has 5 heteroatoms. The molecule has 114 valence electrons. The van der Waals surface area contributed by atoms with Crippen molar-refractivity contribution in [1.82, 2.24) is 19.9 Å². The summed E-state index contributed by atoms with van der Waals surface area (Å²) in [6.07, 6.45) is 8.05. The summed E-state index contributed by atoms with van der Waals surface area (Å²) in [7, 11) is 0. The van der Waals surface area contributed by atoms with Gasteiger partial charge in [-0.25, -0.2) is 9.97 Å². The number of nitrogens with zero attached hydrogens (tertiary/aromatic N) is 2. The van der Waals surface area contributed by atoms with Crippen LogP contribution in [-0.4, -0.2) is 43.8 Å². The number of aromatic nitrogens is 4. The molecule has 8 bridgehead atoms. The average Bonchev–Trinajstić information content (AvgIpc) is 3.32. The molecule has 0 spiro atoms. The van der Waals surface area contributed by atoms with E-state index in [4.69, 9.17) is 0 Å². The van der Waals surface area contributed by atoms with Crippen LogP contribution in [0.3, 0.4) is 0 Å². The van der Waals surface area contributed by atoms with Crippen molar-refractivity contribution >= 4 is 70.3 Å². The van der Waals surface area contributed by atoms with Crippen molar-refractivity contribution in [2.24, 2.45) is 0 Å². The molecule has 5 rings (SSSR count). The normalized spacial score (nSPS) is 12.2. The van der Waals surface area contributed by atoms with Gasteiger partial charge in [-0.1, -0.05) is 0 Å². The molecule has 0 fully saturated rings. The number of hydrogen-bond donors (Lipinski definition) is 2. The van der Waals surface area contributed by atoms with Gasteiger partial charge in [0.15, 0.2) is 0 Å². The smallest absolute Gasteiger partial charge is 0.355 e. The predicted octanol–water partition coefficient (Wildman–Crippen LogP) is 4.27. The van der Waals surface area contributed by atoms with E-state index >= 15 is 0 Å². The number of H-pyrrole nitrogens is 2. The molecule has 0 aromatic carbocycles. The molecule has 2 aliphatic rings. The second-order valence-corrected chi connectivity index (χ2v) is 5.91. The van der Waals surface area contributed by atoms with E-state index in [0.29, 0.717) is 0 Å². The third kappa shape index (κ3) is 3.30. The van der Waals surface area contributed by atoms with E-state index in [1.807, 2.05) is 42.5 Å². The molecule has 3 aromatic rings. The van der Waals surface area contributed by atoms with Crippen LogP contribution >= 0.6 is 0 Å². The minimum absolute atomic E-state index is 0. The monoisotopic (exact) mass is 430 g/mol. The van der Waals surface area contributed by atoms with E-state index in [1.165, 1.54) is 0 Å². The van der Waals surface area contributed by atoms with Crippen molar-refractivity contribution in [1.29, 1.82) is 0 Å². The summed E-state index contributed by atoms with van der Waals surface area (Å²) in [6, 6.07) is 16.4. The largest absolute Gasteiger partial charge is 4.00 e. The standard InChI is InChI=1S/C20H14N4.Sn/c1-2-14-10-16-5-6-18(23-16)12-20-8-7-19(24-20)11-17-4-3-15(22-17)9-13(1)21-14;/h1-12,21-22H;/q;+4. The maximum absolute atomic E-state index is 4.62. The summed E-state index contributed by atoms with van der Waals surface area (Å²) in [5.74, 6) is 0. The molecule has 0 aliphatic carbocycles. The van der Waals surface area contributed by atoms with E-state index in [0.717, 1.165) is 44.8 Å². The van der Waals surface area contributed by atoms with Gasteiger partial charge in [-0.3, -0.25) is 0 Å². The van der Waals surface area contributed by atoms with Crippen LogP contribution in [0.2, 0.25) is 0 Å². The van der Waals surface area contributed by atoms with Crippen LogP contribution in [0, 0.1) is 0 Å². The Hall–Kier alpha value is -2.60. The van der Waals surface area contributed by atoms with Crippen LogP contribution in [-0.2, 0) is 0 Å². The van der Waals surface area contributed by atoms with Crippen molar-refractivity contribution < 1.29 is 0 Å². The summed E-state index contributed by atoms with van der Waals surface area (Å²) in [4.78, 5) is 16.0. The molecule has 0 unspecified atom stereocenters. The number of fused-ring (bicyclic) bond motifs is 8. The molecule has 25 heavy (non-hydrogen) atoms. The first-order valence-electron chi connectivity index (χ1n) is 7.85. The minimum Gasteiger partial charge on any atom is -0.355 e. The maximum Gasteiger partial charge on any atom is 4.00 e. The molecule has 3 aromatic heterocycles. The summed E-state index contributed by atoms with van der Waals surface area (Å²) >= 11 is 0. The van der Waals surface area contributed by atoms with Crippen LogP contribution in [0.5, 0.6) is 0 Å². The molecule has 2 N–H and O–H groups in total. The van der Waals surface area contributed by atoms with E-state index < -0.39 is 0 Å². The van der Waals surface area contributed by atoms with Crippen LogP contribution in [0.1, 0.15) is 22.8 Å². The van der Waals surface area contributed by atoms with Gasteiger partial charge in [0.05, 0.1) is 22.8 Å². The third-order valence-corrected chi connectivity index (χ3v) is 4.04. The molecule has 2 aliphatic heterocycles. The van der Waals surface area contributed by atoms with Gasteiger partial charge in [-0.15, -0.1) is 0 Å². The Bertz CT molecular complexity index is 1080. The molecular formula is C20H14N4Sn+4. The third-order valence-electron chi connectivity index (χ3n) is 4.04. The van der Waals surface area contributed by atoms with Gasteiger partial charge in [0.25, 0.3) is 0 Å². The van der Waals surface area contributed by atoms with Crippen molar-refractivity contribution in [2.45, 2.75) is 0 Å². The number of nitrogens with one attached hydrogen (secondary N) is 2. The second-order valence-electron chi connectivity index (χ2n) is 5.91. The van der Waals surface area contributed by atoms with Crippen LogP contribution in [0.4, 0.5) is 0 Å². The molecule has 0 radical (unpaired) electrons. The number of rotatable bonds is 0. The van der Waals surface area contributed by atoms with E-state index in [2.05, 4.69) is 50.3 Å². The Kier molecular flexibility index (Phi) is 4.05. The van der Waals surface area contributed by atoms with Crippen molar-refractivity contribution in [3.8, 4) is 0 Å². The fraction of sp³-hybridized carbons (Fsp3) is 0. The van der Waals surface area contributed by atoms with Gasteiger partial charge in [0.2, 0.25) is 0 Å². The Labute approximate surface area is 161 Å². The van der Waals surface area contributed by atoms with Crippen molar-refractivity contribution in [3.05, 3.63) is 71.3 Å². The average molecular weight is 429 g/mol. The van der Waals surface area contributed by atoms with Crippen LogP contribution in [0.15, 0.2) is 48.5 Å². The summed E-state index contributed by atoms with van der Waals surface area (Å²) < 4.78 is 0. The van der Waals surface area contributed by atoms with E-state index in [1.54, 1.807) is 0 Å². The Morgan fingerprint density at radius 2 is 0.840 bits per heavy atom. The Morgan fingerprint density at radius 1 is 0.480 bits per heavy atom. The molecule has 0 atom stereocenters. The first-order chi connectivity index (χ1) is 11.8. The number of hydrogen-bond acceptors (Lipinski definition) is 2. The zero-order chi connectivity index (χ0) is 15.9.